The quantitative estimate of drug-likeness (QED) is 0.532. The third-order valence-corrected chi connectivity index (χ3v) is 1.72. The van der Waals surface area contributed by atoms with E-state index in [0.29, 0.717) is 0 Å². The normalized spacial score (nSPS) is 13.8. The summed E-state index contributed by atoms with van der Waals surface area (Å²) < 4.78 is 15.2. The van der Waals surface area contributed by atoms with Gasteiger partial charge in [0.1, 0.15) is 12.5 Å². The molecule has 1 unspecified atom stereocenters. The second-order valence-electron chi connectivity index (χ2n) is 1.41. The summed E-state index contributed by atoms with van der Waals surface area (Å²) in [4.78, 5) is 0.741. The van der Waals surface area contributed by atoms with E-state index >= 15 is 0 Å². The molecule has 0 aliphatic heterocycles. The third kappa shape index (κ3) is 1.05. The molecule has 0 amide bonds. The summed E-state index contributed by atoms with van der Waals surface area (Å²) in [6.45, 7) is 0. The van der Waals surface area contributed by atoms with Crippen LogP contribution in [0.1, 0.15) is 0 Å². The predicted octanol–water partition coefficient (Wildman–Crippen LogP) is 1.02. The molecule has 2 nitrogen and oxygen atoms in total. The van der Waals surface area contributed by atoms with Crippen molar-refractivity contribution in [3.8, 4) is 0 Å². The van der Waals surface area contributed by atoms with Gasteiger partial charge in [-0.15, -0.1) is 0 Å². The number of hydrogen-bond donors (Lipinski definition) is 0. The van der Waals surface area contributed by atoms with Crippen LogP contribution < -0.4 is 0 Å². The minimum absolute atomic E-state index is 0.741. The Morgan fingerprint density at radius 1 is 1.75 bits per heavy atom. The predicted molar refractivity (Wildman–Crippen MR) is 31.0 cm³/mol. The first kappa shape index (κ1) is 5.72. The van der Waals surface area contributed by atoms with Gasteiger partial charge in [-0.2, -0.15) is 0 Å². The van der Waals surface area contributed by atoms with Gasteiger partial charge in [-0.3, -0.25) is 0 Å². The second kappa shape index (κ2) is 2.24. The molecule has 0 aromatic carbocycles. The van der Waals surface area contributed by atoms with E-state index in [4.69, 9.17) is 0 Å². The first-order chi connectivity index (χ1) is 3.80. The average molecular weight is 130 g/mol. The molecule has 0 aliphatic carbocycles. The van der Waals surface area contributed by atoms with Crippen LogP contribution in [0.3, 0.4) is 0 Å². The third-order valence-electron chi connectivity index (χ3n) is 0.827. The Hall–Kier alpha value is -0.410. The molecule has 0 fully saturated rings. The van der Waals surface area contributed by atoms with E-state index in [9.17, 15) is 4.55 Å². The van der Waals surface area contributed by atoms with Gasteiger partial charge in [-0.25, -0.2) is 0 Å². The molecular formula is C5H6O2S. The van der Waals surface area contributed by atoms with E-state index in [2.05, 4.69) is 4.42 Å². The highest BCUT2D eigenvalue weighted by Crippen LogP contribution is 2.06. The van der Waals surface area contributed by atoms with Crippen molar-refractivity contribution >= 4 is 11.2 Å². The molecule has 1 aromatic rings. The Labute approximate surface area is 50.7 Å². The molecule has 44 valence electrons. The lowest BCUT2D eigenvalue weighted by molar-refractivity contribution is 0.557. The Bertz CT molecular complexity index is 145. The fourth-order valence-corrected chi connectivity index (χ4v) is 0.854. The molecule has 8 heavy (non-hydrogen) atoms. The molecule has 1 heterocycles. The van der Waals surface area contributed by atoms with Gasteiger partial charge in [0.15, 0.2) is 4.90 Å². The largest absolute Gasteiger partial charge is 0.612 e. The Balaban J connectivity index is 2.77. The molecule has 1 aromatic heterocycles. The standard InChI is InChI=1S/C5H6O2S/c1-8(6)5-2-3-7-4-5/h2-4H,1H3. The van der Waals surface area contributed by atoms with E-state index in [-0.39, 0.29) is 0 Å². The Kier molecular flexibility index (Phi) is 1.60. The fraction of sp³-hybridized carbons (Fsp3) is 0.200. The highest BCUT2D eigenvalue weighted by Gasteiger charge is 2.02. The van der Waals surface area contributed by atoms with Gasteiger partial charge in [-0.1, -0.05) is 0 Å². The first-order valence-corrected chi connectivity index (χ1v) is 3.72. The summed E-state index contributed by atoms with van der Waals surface area (Å²) >= 11 is -0.892. The SMILES string of the molecule is C[S+]([O-])c1ccoc1. The van der Waals surface area contributed by atoms with E-state index in [1.165, 1.54) is 12.5 Å². The Morgan fingerprint density at radius 2 is 2.50 bits per heavy atom. The highest BCUT2D eigenvalue weighted by atomic mass is 32.2. The zero-order chi connectivity index (χ0) is 5.98. The summed E-state index contributed by atoms with van der Waals surface area (Å²) in [5.74, 6) is 0. The summed E-state index contributed by atoms with van der Waals surface area (Å²) in [5, 5.41) is 0. The summed E-state index contributed by atoms with van der Waals surface area (Å²) in [7, 11) is 0. The molecular weight excluding hydrogens is 124 g/mol. The van der Waals surface area contributed by atoms with E-state index in [1.54, 1.807) is 12.3 Å². The van der Waals surface area contributed by atoms with Crippen molar-refractivity contribution in [1.82, 2.24) is 0 Å². The van der Waals surface area contributed by atoms with Gasteiger partial charge in [0.25, 0.3) is 0 Å². The zero-order valence-corrected chi connectivity index (χ0v) is 5.27. The van der Waals surface area contributed by atoms with Crippen LogP contribution in [-0.2, 0) is 11.2 Å². The number of hydrogen-bond acceptors (Lipinski definition) is 2. The maximum absolute atomic E-state index is 10.6. The monoisotopic (exact) mass is 130 g/mol. The van der Waals surface area contributed by atoms with Crippen molar-refractivity contribution in [2.75, 3.05) is 6.26 Å². The molecule has 0 spiro atoms. The fourth-order valence-electron chi connectivity index (χ4n) is 0.416. The molecule has 1 atom stereocenters. The van der Waals surface area contributed by atoms with Gasteiger partial charge in [-0.05, 0) is 11.2 Å². The number of rotatable bonds is 1. The van der Waals surface area contributed by atoms with Gasteiger partial charge >= 0.3 is 0 Å². The van der Waals surface area contributed by atoms with E-state index in [0.717, 1.165) is 4.90 Å². The van der Waals surface area contributed by atoms with Crippen molar-refractivity contribution in [3.05, 3.63) is 18.6 Å². The molecule has 1 rings (SSSR count). The maximum atomic E-state index is 10.6. The van der Waals surface area contributed by atoms with Crippen molar-refractivity contribution in [1.29, 1.82) is 0 Å². The van der Waals surface area contributed by atoms with Gasteiger partial charge < -0.3 is 8.97 Å². The second-order valence-corrected chi connectivity index (χ2v) is 2.79. The molecule has 0 radical (unpaired) electrons. The average Bonchev–Trinajstić information content (AvgIpc) is 2.12. The smallest absolute Gasteiger partial charge is 0.190 e. The van der Waals surface area contributed by atoms with Crippen molar-refractivity contribution in [2.24, 2.45) is 0 Å². The van der Waals surface area contributed by atoms with Crippen LogP contribution in [0.25, 0.3) is 0 Å². The van der Waals surface area contributed by atoms with Crippen LogP contribution in [0.15, 0.2) is 27.9 Å². The highest BCUT2D eigenvalue weighted by molar-refractivity contribution is 7.90. The van der Waals surface area contributed by atoms with Crippen molar-refractivity contribution in [2.45, 2.75) is 4.90 Å². The lowest BCUT2D eigenvalue weighted by Gasteiger charge is -1.96. The van der Waals surface area contributed by atoms with Gasteiger partial charge in [0, 0.05) is 6.07 Å². The minimum Gasteiger partial charge on any atom is -0.612 e. The molecule has 0 N–H and O–H groups in total. The van der Waals surface area contributed by atoms with E-state index in [1.807, 2.05) is 0 Å². The van der Waals surface area contributed by atoms with Crippen molar-refractivity contribution < 1.29 is 8.97 Å². The van der Waals surface area contributed by atoms with Crippen LogP contribution in [0.4, 0.5) is 0 Å². The van der Waals surface area contributed by atoms with E-state index < -0.39 is 11.2 Å². The summed E-state index contributed by atoms with van der Waals surface area (Å²) in [5.41, 5.74) is 0. The van der Waals surface area contributed by atoms with Crippen LogP contribution in [0, 0.1) is 0 Å². The maximum Gasteiger partial charge on any atom is 0.190 e. The minimum atomic E-state index is -0.892. The molecule has 3 heteroatoms. The molecule has 0 aliphatic rings. The topological polar surface area (TPSA) is 36.2 Å². The molecule has 0 bridgehead atoms. The molecule has 0 saturated carbocycles. The van der Waals surface area contributed by atoms with Gasteiger partial charge in [0.05, 0.1) is 6.26 Å². The van der Waals surface area contributed by atoms with Crippen LogP contribution >= 0.6 is 0 Å². The first-order valence-electron chi connectivity index (χ1n) is 2.16. The zero-order valence-electron chi connectivity index (χ0n) is 4.46. The lowest BCUT2D eigenvalue weighted by Crippen LogP contribution is -1.93. The lowest BCUT2D eigenvalue weighted by atomic mass is 10.7. The van der Waals surface area contributed by atoms with Crippen LogP contribution in [-0.4, -0.2) is 10.8 Å². The van der Waals surface area contributed by atoms with Crippen molar-refractivity contribution in [3.63, 3.8) is 0 Å². The van der Waals surface area contributed by atoms with Crippen LogP contribution in [0.5, 0.6) is 0 Å². The van der Waals surface area contributed by atoms with Crippen LogP contribution in [0.2, 0.25) is 0 Å². The summed E-state index contributed by atoms with van der Waals surface area (Å²) in [6.07, 6.45) is 4.61. The van der Waals surface area contributed by atoms with Gasteiger partial charge in [0.2, 0.25) is 0 Å². The number of furan rings is 1. The summed E-state index contributed by atoms with van der Waals surface area (Å²) in [6, 6.07) is 1.69. The molecule has 0 saturated heterocycles. The Morgan fingerprint density at radius 3 is 2.75 bits per heavy atom.